The fourth-order valence-electron chi connectivity index (χ4n) is 2.24. The lowest BCUT2D eigenvalue weighted by molar-refractivity contribution is 0.102. The molecule has 0 aliphatic rings. The van der Waals surface area contributed by atoms with Crippen molar-refractivity contribution < 1.29 is 13.9 Å². The summed E-state index contributed by atoms with van der Waals surface area (Å²) >= 11 is 5.79. The summed E-state index contributed by atoms with van der Waals surface area (Å²) in [4.78, 5) is 12.4. The van der Waals surface area contributed by atoms with Crippen molar-refractivity contribution in [2.45, 2.75) is 13.7 Å². The molecule has 1 heterocycles. The summed E-state index contributed by atoms with van der Waals surface area (Å²) in [5.41, 5.74) is 1.64. The van der Waals surface area contributed by atoms with Crippen LogP contribution < -0.4 is 10.1 Å². The van der Waals surface area contributed by atoms with Crippen LogP contribution >= 0.6 is 11.6 Å². The number of anilines is 1. The minimum absolute atomic E-state index is 0.175. The molecule has 2 aromatic carbocycles. The number of ether oxygens (including phenoxy) is 1. The summed E-state index contributed by atoms with van der Waals surface area (Å²) in [5, 5.41) is 7.29. The van der Waals surface area contributed by atoms with E-state index >= 15 is 0 Å². The van der Waals surface area contributed by atoms with E-state index in [1.54, 1.807) is 37.4 Å². The van der Waals surface area contributed by atoms with Crippen LogP contribution in [0.15, 0.2) is 54.9 Å². The van der Waals surface area contributed by atoms with Gasteiger partial charge in [-0.15, -0.1) is 0 Å². The third-order valence-corrected chi connectivity index (χ3v) is 3.69. The van der Waals surface area contributed by atoms with E-state index in [-0.39, 0.29) is 18.5 Å². The van der Waals surface area contributed by atoms with Gasteiger partial charge in [-0.1, -0.05) is 17.7 Å². The van der Waals surface area contributed by atoms with Crippen LogP contribution in [-0.2, 0) is 6.73 Å². The van der Waals surface area contributed by atoms with E-state index < -0.39 is 0 Å². The lowest BCUT2D eigenvalue weighted by Gasteiger charge is -2.10. The smallest absolute Gasteiger partial charge is 0.255 e. The van der Waals surface area contributed by atoms with E-state index in [1.165, 1.54) is 29.1 Å². The quantitative estimate of drug-likeness (QED) is 0.740. The minimum atomic E-state index is -0.343. The van der Waals surface area contributed by atoms with Crippen molar-refractivity contribution in [2.75, 3.05) is 5.32 Å². The van der Waals surface area contributed by atoms with Gasteiger partial charge in [0.05, 0.1) is 11.2 Å². The Morgan fingerprint density at radius 2 is 2.16 bits per heavy atom. The molecule has 0 aliphatic carbocycles. The molecule has 0 saturated carbocycles. The molecule has 0 bridgehead atoms. The first kappa shape index (κ1) is 17.0. The Hall–Kier alpha value is -2.86. The first-order chi connectivity index (χ1) is 12.0. The lowest BCUT2D eigenvalue weighted by Crippen LogP contribution is -2.13. The lowest BCUT2D eigenvalue weighted by atomic mass is 10.1. The number of amides is 1. The van der Waals surface area contributed by atoms with Gasteiger partial charge < -0.3 is 10.1 Å². The Morgan fingerprint density at radius 3 is 2.88 bits per heavy atom. The molecule has 128 valence electrons. The number of nitrogens with one attached hydrogen (secondary N) is 1. The van der Waals surface area contributed by atoms with Gasteiger partial charge in [0.1, 0.15) is 11.6 Å². The number of hydrogen-bond acceptors (Lipinski definition) is 3. The summed E-state index contributed by atoms with van der Waals surface area (Å²) in [6.07, 6.45) is 3.15. The van der Waals surface area contributed by atoms with Gasteiger partial charge in [-0.05, 0) is 48.9 Å². The monoisotopic (exact) mass is 359 g/mol. The summed E-state index contributed by atoms with van der Waals surface area (Å²) in [6.45, 7) is 1.91. The van der Waals surface area contributed by atoms with Crippen LogP contribution in [0.1, 0.15) is 15.9 Å². The molecule has 7 heteroatoms. The first-order valence-electron chi connectivity index (χ1n) is 7.49. The minimum Gasteiger partial charge on any atom is -0.471 e. The predicted molar refractivity (Wildman–Crippen MR) is 93.4 cm³/mol. The molecule has 0 radical (unpaired) electrons. The number of rotatable bonds is 5. The molecular weight excluding hydrogens is 345 g/mol. The van der Waals surface area contributed by atoms with Gasteiger partial charge in [-0.3, -0.25) is 4.79 Å². The second-order valence-corrected chi connectivity index (χ2v) is 5.85. The molecule has 3 aromatic rings. The SMILES string of the molecule is Cc1cc(F)ccc1NC(=O)c1cccc(OCn2cc(Cl)cn2)c1. The van der Waals surface area contributed by atoms with E-state index in [0.717, 1.165) is 0 Å². The van der Waals surface area contributed by atoms with E-state index in [0.29, 0.717) is 27.6 Å². The topological polar surface area (TPSA) is 56.1 Å². The number of aromatic nitrogens is 2. The maximum atomic E-state index is 13.1. The van der Waals surface area contributed by atoms with Gasteiger partial charge in [0.25, 0.3) is 5.91 Å². The highest BCUT2D eigenvalue weighted by Crippen LogP contribution is 2.19. The van der Waals surface area contributed by atoms with Gasteiger partial charge in [-0.25, -0.2) is 9.07 Å². The van der Waals surface area contributed by atoms with Gasteiger partial charge in [0.2, 0.25) is 0 Å². The van der Waals surface area contributed by atoms with Gasteiger partial charge in [0.15, 0.2) is 6.73 Å². The number of halogens is 2. The van der Waals surface area contributed by atoms with Crippen molar-refractivity contribution in [2.24, 2.45) is 0 Å². The molecule has 3 rings (SSSR count). The van der Waals surface area contributed by atoms with Crippen molar-refractivity contribution in [3.05, 3.63) is 76.8 Å². The van der Waals surface area contributed by atoms with E-state index in [2.05, 4.69) is 10.4 Å². The fraction of sp³-hybridized carbons (Fsp3) is 0.111. The van der Waals surface area contributed by atoms with Crippen molar-refractivity contribution >= 4 is 23.2 Å². The maximum Gasteiger partial charge on any atom is 0.255 e. The average molecular weight is 360 g/mol. The van der Waals surface area contributed by atoms with Crippen LogP contribution in [0.3, 0.4) is 0 Å². The standard InChI is InChI=1S/C18H15ClFN3O2/c1-12-7-15(20)5-6-17(12)22-18(24)13-3-2-4-16(8-13)25-11-23-10-14(19)9-21-23/h2-10H,11H2,1H3,(H,22,24). The third kappa shape index (κ3) is 4.36. The Morgan fingerprint density at radius 1 is 1.32 bits per heavy atom. The van der Waals surface area contributed by atoms with Crippen molar-refractivity contribution in [3.63, 3.8) is 0 Å². The highest BCUT2D eigenvalue weighted by molar-refractivity contribution is 6.30. The van der Waals surface area contributed by atoms with Crippen LogP contribution in [-0.4, -0.2) is 15.7 Å². The molecule has 0 saturated heterocycles. The van der Waals surface area contributed by atoms with Crippen molar-refractivity contribution in [1.82, 2.24) is 9.78 Å². The Labute approximate surface area is 149 Å². The molecular formula is C18H15ClFN3O2. The summed E-state index contributed by atoms with van der Waals surface area (Å²) in [5.74, 6) is -0.123. The molecule has 1 aromatic heterocycles. The normalized spacial score (nSPS) is 10.5. The van der Waals surface area contributed by atoms with E-state index in [4.69, 9.17) is 16.3 Å². The third-order valence-electron chi connectivity index (χ3n) is 3.50. The molecule has 0 fully saturated rings. The van der Waals surface area contributed by atoms with Crippen LogP contribution in [0.25, 0.3) is 0 Å². The van der Waals surface area contributed by atoms with Crippen LogP contribution in [0.4, 0.5) is 10.1 Å². The van der Waals surface area contributed by atoms with E-state index in [9.17, 15) is 9.18 Å². The van der Waals surface area contributed by atoms with Crippen LogP contribution in [0.5, 0.6) is 5.75 Å². The van der Waals surface area contributed by atoms with E-state index in [1.807, 2.05) is 0 Å². The summed E-state index contributed by atoms with van der Waals surface area (Å²) in [6, 6.07) is 11.0. The van der Waals surface area contributed by atoms with Crippen molar-refractivity contribution in [3.8, 4) is 5.75 Å². The molecule has 0 atom stereocenters. The highest BCUT2D eigenvalue weighted by Gasteiger charge is 2.09. The zero-order valence-corrected chi connectivity index (χ0v) is 14.1. The molecule has 0 aliphatic heterocycles. The molecule has 25 heavy (non-hydrogen) atoms. The molecule has 5 nitrogen and oxygen atoms in total. The molecule has 1 amide bonds. The Bertz CT molecular complexity index is 911. The second-order valence-electron chi connectivity index (χ2n) is 5.41. The highest BCUT2D eigenvalue weighted by atomic mass is 35.5. The molecule has 0 unspecified atom stereocenters. The molecule has 1 N–H and O–H groups in total. The zero-order valence-electron chi connectivity index (χ0n) is 13.4. The number of carbonyl (C=O) groups excluding carboxylic acids is 1. The fourth-order valence-corrected chi connectivity index (χ4v) is 2.39. The number of nitrogens with zero attached hydrogens (tertiary/aromatic N) is 2. The number of benzene rings is 2. The second kappa shape index (κ2) is 7.36. The Balaban J connectivity index is 1.68. The zero-order chi connectivity index (χ0) is 17.8. The average Bonchev–Trinajstić information content (AvgIpc) is 3.01. The summed E-state index contributed by atoms with van der Waals surface area (Å²) in [7, 11) is 0. The van der Waals surface area contributed by atoms with Crippen molar-refractivity contribution in [1.29, 1.82) is 0 Å². The summed E-state index contributed by atoms with van der Waals surface area (Å²) < 4.78 is 20.3. The van der Waals surface area contributed by atoms with Crippen LogP contribution in [0.2, 0.25) is 5.02 Å². The Kier molecular flexibility index (Phi) is 5.00. The predicted octanol–water partition coefficient (Wildman–Crippen LogP) is 4.27. The number of aryl methyl sites for hydroxylation is 1. The van der Waals surface area contributed by atoms with Gasteiger partial charge in [0, 0.05) is 17.4 Å². The maximum absolute atomic E-state index is 13.1. The number of hydrogen-bond donors (Lipinski definition) is 1. The molecule has 0 spiro atoms. The number of carbonyl (C=O) groups is 1. The van der Waals surface area contributed by atoms with Crippen LogP contribution in [0, 0.1) is 12.7 Å². The van der Waals surface area contributed by atoms with Gasteiger partial charge in [-0.2, -0.15) is 5.10 Å². The van der Waals surface area contributed by atoms with Gasteiger partial charge >= 0.3 is 0 Å². The first-order valence-corrected chi connectivity index (χ1v) is 7.87. The largest absolute Gasteiger partial charge is 0.471 e.